The van der Waals surface area contributed by atoms with Crippen LogP contribution in [0, 0.1) is 5.41 Å². The van der Waals surface area contributed by atoms with E-state index in [1.165, 1.54) is 0 Å². The molecule has 0 atom stereocenters. The Morgan fingerprint density at radius 3 is 2.45 bits per heavy atom. The lowest BCUT2D eigenvalue weighted by atomic mass is 9.79. The normalized spacial score (nSPS) is 16.0. The number of ether oxygens (including phenoxy) is 1. The van der Waals surface area contributed by atoms with Crippen molar-refractivity contribution < 1.29 is 14.3 Å². The number of carbonyl (C=O) groups is 2. The predicted octanol–water partition coefficient (Wildman–Crippen LogP) is 6.58. The zero-order chi connectivity index (χ0) is 29.5. The highest BCUT2D eigenvalue weighted by Crippen LogP contribution is 2.42. The molecule has 2 aromatic carbocycles. The molecule has 0 unspecified atom stereocenters. The van der Waals surface area contributed by atoms with Crippen molar-refractivity contribution in [1.29, 1.82) is 0 Å². The van der Waals surface area contributed by atoms with E-state index in [-0.39, 0.29) is 17.4 Å². The Balaban J connectivity index is 1.17. The van der Waals surface area contributed by atoms with Crippen LogP contribution in [0.1, 0.15) is 27.2 Å². The zero-order valence-corrected chi connectivity index (χ0v) is 24.4. The molecule has 0 aliphatic carbocycles. The smallest absolute Gasteiger partial charge is 0.410 e. The van der Waals surface area contributed by atoms with Crippen LogP contribution >= 0.6 is 11.6 Å². The second-order valence-corrected chi connectivity index (χ2v) is 12.3. The minimum atomic E-state index is -0.558. The van der Waals surface area contributed by atoms with Gasteiger partial charge < -0.3 is 19.9 Å². The molecular weight excluding hydrogens is 552 g/mol. The SMILES string of the molecule is CC(C)(C)OC(=O)N1CC2(CC(=O)N(c3cncc(Nc4ncc(Cl)c(-c5cccc(-c6ccccc6)c5)n4)c3)C2)C1. The first kappa shape index (κ1) is 27.7. The Morgan fingerprint density at radius 1 is 0.952 bits per heavy atom. The number of carbonyl (C=O) groups excluding carboxylic acids is 2. The molecule has 6 rings (SSSR count). The Bertz CT molecular complexity index is 1650. The summed E-state index contributed by atoms with van der Waals surface area (Å²) in [5.41, 5.74) is 4.10. The molecule has 0 radical (unpaired) electrons. The van der Waals surface area contributed by atoms with Gasteiger partial charge in [0, 0.05) is 37.0 Å². The van der Waals surface area contributed by atoms with Crippen molar-refractivity contribution in [2.24, 2.45) is 5.41 Å². The monoisotopic (exact) mass is 582 g/mol. The van der Waals surface area contributed by atoms with Gasteiger partial charge in [0.05, 0.1) is 40.7 Å². The first-order valence-electron chi connectivity index (χ1n) is 13.8. The third-order valence-electron chi connectivity index (χ3n) is 7.30. The van der Waals surface area contributed by atoms with E-state index in [2.05, 4.69) is 33.5 Å². The van der Waals surface area contributed by atoms with E-state index in [4.69, 9.17) is 21.3 Å². The molecule has 1 N–H and O–H groups in total. The Labute approximate surface area is 249 Å². The summed E-state index contributed by atoms with van der Waals surface area (Å²) in [6.45, 7) is 7.01. The average Bonchev–Trinajstić information content (AvgIpc) is 3.31. The van der Waals surface area contributed by atoms with E-state index in [0.717, 1.165) is 16.7 Å². The molecule has 2 aromatic heterocycles. The molecule has 2 fully saturated rings. The summed E-state index contributed by atoms with van der Waals surface area (Å²) in [5, 5.41) is 3.64. The standard InChI is InChI=1S/C32H31ClN6O3/c1-31(2,3)42-30(41)38-18-32(19-38)14-27(40)39(20-32)25-13-24(15-34-16-25)36-29-35-17-26(33)28(37-29)23-11-7-10-22(12-23)21-8-5-4-6-9-21/h4-13,15-17H,14,18-20H2,1-3H3,(H,35,36,37). The van der Waals surface area contributed by atoms with Gasteiger partial charge in [0.15, 0.2) is 0 Å². The van der Waals surface area contributed by atoms with Crippen molar-refractivity contribution >= 4 is 40.9 Å². The topological polar surface area (TPSA) is 101 Å². The van der Waals surface area contributed by atoms with Crippen LogP contribution in [0.4, 0.5) is 22.1 Å². The zero-order valence-electron chi connectivity index (χ0n) is 23.7. The molecule has 2 amide bonds. The number of nitrogens with zero attached hydrogens (tertiary/aromatic N) is 5. The molecule has 9 nitrogen and oxygen atoms in total. The first-order valence-corrected chi connectivity index (χ1v) is 14.1. The number of rotatable bonds is 5. The number of anilines is 3. The van der Waals surface area contributed by atoms with Crippen molar-refractivity contribution in [3.63, 3.8) is 0 Å². The van der Waals surface area contributed by atoms with Gasteiger partial charge >= 0.3 is 6.09 Å². The van der Waals surface area contributed by atoms with Crippen LogP contribution in [0.25, 0.3) is 22.4 Å². The number of aromatic nitrogens is 3. The fourth-order valence-corrected chi connectivity index (χ4v) is 5.64. The Kier molecular flexibility index (Phi) is 7.06. The number of amides is 2. The van der Waals surface area contributed by atoms with Crippen molar-refractivity contribution in [1.82, 2.24) is 19.9 Å². The van der Waals surface area contributed by atoms with Gasteiger partial charge in [-0.05, 0) is 44.0 Å². The number of halogens is 1. The summed E-state index contributed by atoms with van der Waals surface area (Å²) in [5.74, 6) is 0.357. The van der Waals surface area contributed by atoms with Crippen LogP contribution in [-0.2, 0) is 9.53 Å². The third-order valence-corrected chi connectivity index (χ3v) is 7.58. The fraction of sp³-hybridized carbons (Fsp3) is 0.281. The van der Waals surface area contributed by atoms with E-state index in [0.29, 0.717) is 54.1 Å². The molecule has 2 aliphatic heterocycles. The van der Waals surface area contributed by atoms with Crippen LogP contribution < -0.4 is 10.2 Å². The Hall–Kier alpha value is -4.50. The van der Waals surface area contributed by atoms with Crippen LogP contribution in [0.2, 0.25) is 5.02 Å². The summed E-state index contributed by atoms with van der Waals surface area (Å²) in [6, 6.07) is 20.0. The second-order valence-electron chi connectivity index (χ2n) is 11.9. The van der Waals surface area contributed by atoms with Crippen LogP contribution in [0.15, 0.2) is 79.3 Å². The maximum atomic E-state index is 13.0. The molecule has 4 aromatic rings. The molecule has 10 heteroatoms. The number of hydrogen-bond donors (Lipinski definition) is 1. The highest BCUT2D eigenvalue weighted by molar-refractivity contribution is 6.33. The molecule has 1 spiro atoms. The largest absolute Gasteiger partial charge is 0.444 e. The van der Waals surface area contributed by atoms with Gasteiger partial charge in [0.1, 0.15) is 5.60 Å². The van der Waals surface area contributed by atoms with E-state index in [1.807, 2.05) is 63.2 Å². The molecular formula is C32H31ClN6O3. The van der Waals surface area contributed by atoms with Crippen LogP contribution in [-0.4, -0.2) is 57.1 Å². The minimum Gasteiger partial charge on any atom is -0.444 e. The van der Waals surface area contributed by atoms with Crippen molar-refractivity contribution in [3.05, 3.63) is 84.3 Å². The number of hydrogen-bond acceptors (Lipinski definition) is 7. The fourth-order valence-electron chi connectivity index (χ4n) is 5.44. The molecule has 2 aliphatic rings. The predicted molar refractivity (Wildman–Crippen MR) is 163 cm³/mol. The van der Waals surface area contributed by atoms with Gasteiger partial charge in [0.25, 0.3) is 0 Å². The molecule has 0 bridgehead atoms. The maximum Gasteiger partial charge on any atom is 0.410 e. The molecule has 4 heterocycles. The lowest BCUT2D eigenvalue weighted by Gasteiger charge is -2.47. The third kappa shape index (κ3) is 5.78. The number of benzene rings is 2. The molecule has 42 heavy (non-hydrogen) atoms. The van der Waals surface area contributed by atoms with Gasteiger partial charge in [0.2, 0.25) is 11.9 Å². The van der Waals surface area contributed by atoms with Gasteiger partial charge in [-0.15, -0.1) is 0 Å². The first-order chi connectivity index (χ1) is 20.1. The minimum absolute atomic E-state index is 0.00103. The Morgan fingerprint density at radius 2 is 1.69 bits per heavy atom. The highest BCUT2D eigenvalue weighted by Gasteiger charge is 2.53. The summed E-state index contributed by atoms with van der Waals surface area (Å²) in [7, 11) is 0. The summed E-state index contributed by atoms with van der Waals surface area (Å²) >= 11 is 6.52. The quantitative estimate of drug-likeness (QED) is 0.284. The summed E-state index contributed by atoms with van der Waals surface area (Å²) in [6.07, 6.45) is 4.91. The molecule has 0 saturated carbocycles. The number of nitrogens with one attached hydrogen (secondary N) is 1. The van der Waals surface area contributed by atoms with Gasteiger partial charge in [-0.2, -0.15) is 0 Å². The molecule has 2 saturated heterocycles. The van der Waals surface area contributed by atoms with Crippen LogP contribution in [0.3, 0.4) is 0 Å². The van der Waals surface area contributed by atoms with Crippen molar-refractivity contribution in [3.8, 4) is 22.4 Å². The number of pyridine rings is 1. The second kappa shape index (κ2) is 10.7. The average molecular weight is 583 g/mol. The summed E-state index contributed by atoms with van der Waals surface area (Å²) < 4.78 is 5.48. The van der Waals surface area contributed by atoms with E-state index < -0.39 is 5.60 Å². The van der Waals surface area contributed by atoms with Crippen LogP contribution in [0.5, 0.6) is 0 Å². The number of likely N-dealkylation sites (tertiary alicyclic amines) is 1. The highest BCUT2D eigenvalue weighted by atomic mass is 35.5. The van der Waals surface area contributed by atoms with E-state index in [9.17, 15) is 9.59 Å². The lowest BCUT2D eigenvalue weighted by molar-refractivity contribution is -0.119. The maximum absolute atomic E-state index is 13.0. The molecule has 214 valence electrons. The van der Waals surface area contributed by atoms with E-state index >= 15 is 0 Å². The lowest BCUT2D eigenvalue weighted by Crippen LogP contribution is -2.60. The van der Waals surface area contributed by atoms with Crippen molar-refractivity contribution in [2.75, 3.05) is 29.9 Å². The van der Waals surface area contributed by atoms with E-state index in [1.54, 1.807) is 28.4 Å². The van der Waals surface area contributed by atoms with Gasteiger partial charge in [-0.3, -0.25) is 9.78 Å². The summed E-state index contributed by atoms with van der Waals surface area (Å²) in [4.78, 5) is 42.3. The van der Waals surface area contributed by atoms with Gasteiger partial charge in [-0.1, -0.05) is 60.1 Å². The van der Waals surface area contributed by atoms with Crippen molar-refractivity contribution in [2.45, 2.75) is 32.8 Å². The van der Waals surface area contributed by atoms with Gasteiger partial charge in [-0.25, -0.2) is 14.8 Å².